The van der Waals surface area contributed by atoms with Gasteiger partial charge < -0.3 is 26.4 Å². The van der Waals surface area contributed by atoms with Crippen LogP contribution in [0.2, 0.25) is 5.02 Å². The van der Waals surface area contributed by atoms with Crippen molar-refractivity contribution in [3.63, 3.8) is 0 Å². The fourth-order valence-electron chi connectivity index (χ4n) is 7.84. The van der Waals surface area contributed by atoms with Crippen LogP contribution < -0.4 is 27.0 Å². The van der Waals surface area contributed by atoms with E-state index in [1.165, 1.54) is 12.8 Å². The van der Waals surface area contributed by atoms with E-state index in [1.54, 1.807) is 12.1 Å². The van der Waals surface area contributed by atoms with E-state index >= 15 is 0 Å². The molecule has 2 atom stereocenters. The molecule has 1 aliphatic carbocycles. The van der Waals surface area contributed by atoms with E-state index < -0.39 is 12.3 Å². The number of nitrogens with one attached hydrogen (secondary N) is 5. The fraction of sp³-hybridized carbons (Fsp3) is 0.595. The van der Waals surface area contributed by atoms with Crippen molar-refractivity contribution in [2.75, 3.05) is 31.9 Å². The number of aryl methyl sites for hydroxylation is 1. The van der Waals surface area contributed by atoms with Gasteiger partial charge in [-0.3, -0.25) is 20.8 Å². The van der Waals surface area contributed by atoms with Crippen LogP contribution in [0.3, 0.4) is 0 Å². The zero-order valence-corrected chi connectivity index (χ0v) is 29.0. The Morgan fingerprint density at radius 3 is 2.35 bits per heavy atom. The van der Waals surface area contributed by atoms with Gasteiger partial charge in [-0.05, 0) is 126 Å². The van der Waals surface area contributed by atoms with E-state index in [0.29, 0.717) is 41.0 Å². The third kappa shape index (κ3) is 10.2. The molecule has 0 radical (unpaired) electrons. The number of hydrogen-bond acceptors (Lipinski definition) is 7. The number of nitrogen functional groups attached to an aromatic ring is 1. The van der Waals surface area contributed by atoms with Crippen LogP contribution in [-0.2, 0) is 11.2 Å². The van der Waals surface area contributed by atoms with Crippen molar-refractivity contribution >= 4 is 35.1 Å². The SMILES string of the molecule is Cc1cc(C[C@@H](NC(O)CCC2CCC(NC(=O)NC(=N)c3ccccc3)CC2)C(=O)N2CCC(C3CCNCC3)CC2)cc(Cl)c1N. The van der Waals surface area contributed by atoms with Crippen molar-refractivity contribution in [2.45, 2.75) is 95.9 Å². The van der Waals surface area contributed by atoms with Gasteiger partial charge in [-0.25, -0.2) is 4.79 Å². The molecule has 0 aromatic heterocycles. The lowest BCUT2D eigenvalue weighted by molar-refractivity contribution is -0.136. The number of halogens is 1. The zero-order valence-electron chi connectivity index (χ0n) is 28.3. The number of aliphatic hydroxyl groups excluding tert-OH is 1. The number of amidine groups is 1. The summed E-state index contributed by atoms with van der Waals surface area (Å²) >= 11 is 6.42. The minimum Gasteiger partial charge on any atom is -0.397 e. The Kier molecular flexibility index (Phi) is 13.1. The first-order valence-corrected chi connectivity index (χ1v) is 18.2. The number of nitrogens with two attached hydrogens (primary N) is 1. The van der Waals surface area contributed by atoms with Crippen LogP contribution in [0.4, 0.5) is 10.5 Å². The van der Waals surface area contributed by atoms with Gasteiger partial charge in [0.15, 0.2) is 0 Å². The zero-order chi connectivity index (χ0) is 34.0. The summed E-state index contributed by atoms with van der Waals surface area (Å²) in [6, 6.07) is 12.1. The Hall–Kier alpha value is -3.18. The minimum absolute atomic E-state index is 0.0358. The predicted molar refractivity (Wildman–Crippen MR) is 192 cm³/mol. The minimum atomic E-state index is -0.817. The molecule has 5 rings (SSSR count). The molecular weight excluding hydrogens is 626 g/mol. The van der Waals surface area contributed by atoms with Crippen molar-refractivity contribution in [3.8, 4) is 0 Å². The highest BCUT2D eigenvalue weighted by Gasteiger charge is 2.33. The molecule has 3 amide bonds. The average Bonchev–Trinajstić information content (AvgIpc) is 3.10. The normalized spacial score (nSPS) is 22.1. The van der Waals surface area contributed by atoms with E-state index in [1.807, 2.05) is 42.2 Å². The quantitative estimate of drug-likeness (QED) is 0.0772. The van der Waals surface area contributed by atoms with Gasteiger partial charge in [0.25, 0.3) is 0 Å². The first-order chi connectivity index (χ1) is 23.2. The molecule has 0 spiro atoms. The van der Waals surface area contributed by atoms with E-state index in [2.05, 4.69) is 21.3 Å². The average molecular weight is 680 g/mol. The second-order valence-corrected chi connectivity index (χ2v) is 14.5. The maximum Gasteiger partial charge on any atom is 0.320 e. The highest BCUT2D eigenvalue weighted by Crippen LogP contribution is 2.32. The summed E-state index contributed by atoms with van der Waals surface area (Å²) in [5.74, 6) is 1.97. The van der Waals surface area contributed by atoms with Crippen LogP contribution in [0.5, 0.6) is 0 Å². The smallest absolute Gasteiger partial charge is 0.320 e. The lowest BCUT2D eigenvalue weighted by Crippen LogP contribution is -2.53. The molecular formula is C37H54ClN7O3. The number of aliphatic hydroxyl groups is 1. The Labute approximate surface area is 290 Å². The topological polar surface area (TPSA) is 156 Å². The lowest BCUT2D eigenvalue weighted by Gasteiger charge is -2.39. The number of benzene rings is 2. The van der Waals surface area contributed by atoms with Gasteiger partial charge in [-0.15, -0.1) is 0 Å². The number of likely N-dealkylation sites (tertiary alicyclic amines) is 1. The van der Waals surface area contributed by atoms with Gasteiger partial charge in [0.1, 0.15) is 12.1 Å². The molecule has 1 saturated carbocycles. The largest absolute Gasteiger partial charge is 0.397 e. The number of rotatable bonds is 11. The van der Waals surface area contributed by atoms with Gasteiger partial charge in [-0.2, -0.15) is 0 Å². The molecule has 11 heteroatoms. The molecule has 2 saturated heterocycles. The number of nitrogens with zero attached hydrogens (tertiary/aromatic N) is 1. The molecule has 2 aliphatic heterocycles. The van der Waals surface area contributed by atoms with Gasteiger partial charge >= 0.3 is 6.03 Å². The Morgan fingerprint density at radius 2 is 1.69 bits per heavy atom. The molecule has 2 aromatic carbocycles. The maximum absolute atomic E-state index is 14.0. The van der Waals surface area contributed by atoms with Gasteiger partial charge in [0, 0.05) is 24.7 Å². The summed E-state index contributed by atoms with van der Waals surface area (Å²) in [6.45, 7) is 5.61. The van der Waals surface area contributed by atoms with Crippen LogP contribution in [0.15, 0.2) is 42.5 Å². The molecule has 8 N–H and O–H groups in total. The number of amides is 3. The lowest BCUT2D eigenvalue weighted by atomic mass is 9.79. The molecule has 1 unspecified atom stereocenters. The molecule has 48 heavy (non-hydrogen) atoms. The first kappa shape index (κ1) is 36.1. The number of carbonyl (C=O) groups excluding carboxylic acids is 2. The molecule has 3 aliphatic rings. The van der Waals surface area contributed by atoms with E-state index in [-0.39, 0.29) is 23.8 Å². The van der Waals surface area contributed by atoms with Crippen LogP contribution in [-0.4, -0.2) is 72.3 Å². The number of carbonyl (C=O) groups is 2. The van der Waals surface area contributed by atoms with Gasteiger partial charge in [0.2, 0.25) is 5.91 Å². The highest BCUT2D eigenvalue weighted by molar-refractivity contribution is 6.33. The summed E-state index contributed by atoms with van der Waals surface area (Å²) in [7, 11) is 0. The van der Waals surface area contributed by atoms with Crippen molar-refractivity contribution in [1.29, 1.82) is 5.41 Å². The third-order valence-corrected chi connectivity index (χ3v) is 11.1. The molecule has 2 heterocycles. The van der Waals surface area contributed by atoms with Crippen molar-refractivity contribution in [3.05, 3.63) is 64.2 Å². The Morgan fingerprint density at radius 1 is 1.02 bits per heavy atom. The number of urea groups is 1. The van der Waals surface area contributed by atoms with Gasteiger partial charge in [0.05, 0.1) is 16.8 Å². The first-order valence-electron chi connectivity index (χ1n) is 17.9. The predicted octanol–water partition coefficient (Wildman–Crippen LogP) is 4.95. The Bertz CT molecular complexity index is 1350. The second kappa shape index (κ2) is 17.5. The van der Waals surface area contributed by atoms with E-state index in [9.17, 15) is 14.7 Å². The standard InChI is InChI=1S/C37H54ClN7O3/c1-24-21-26(22-31(38)34(24)39)23-32(36(47)45-19-15-28(16-20-45)27-13-17-41-18-14-27)43-33(46)12-9-25-7-10-30(11-8-25)42-37(48)44-35(40)29-5-3-2-4-6-29/h2-6,21-22,25,27-28,30,32-33,41,43,46H,7-20,23,39H2,1H3,(H3,40,42,44,48)/t25?,30?,32-,33?/m1/s1. The van der Waals surface area contributed by atoms with Gasteiger partial charge in [-0.1, -0.05) is 48.0 Å². The molecule has 0 bridgehead atoms. The van der Waals surface area contributed by atoms with Crippen LogP contribution in [0, 0.1) is 30.1 Å². The van der Waals surface area contributed by atoms with E-state index in [4.69, 9.17) is 22.7 Å². The number of hydrogen-bond donors (Lipinski definition) is 7. The summed E-state index contributed by atoms with van der Waals surface area (Å²) in [4.78, 5) is 28.4. The Balaban J connectivity index is 1.10. The molecule has 2 aromatic rings. The molecule has 10 nitrogen and oxygen atoms in total. The van der Waals surface area contributed by atoms with Crippen LogP contribution >= 0.6 is 11.6 Å². The summed E-state index contributed by atoms with van der Waals surface area (Å²) in [5.41, 5.74) is 9.11. The summed E-state index contributed by atoms with van der Waals surface area (Å²) in [5, 5.41) is 32.2. The van der Waals surface area contributed by atoms with Crippen molar-refractivity contribution in [2.24, 2.45) is 17.8 Å². The summed E-state index contributed by atoms with van der Waals surface area (Å²) < 4.78 is 0. The number of anilines is 1. The fourth-order valence-corrected chi connectivity index (χ4v) is 8.13. The van der Waals surface area contributed by atoms with Crippen molar-refractivity contribution < 1.29 is 14.7 Å². The van der Waals surface area contributed by atoms with Crippen LogP contribution in [0.1, 0.15) is 80.9 Å². The van der Waals surface area contributed by atoms with Crippen molar-refractivity contribution in [1.82, 2.24) is 26.2 Å². The second-order valence-electron chi connectivity index (χ2n) is 14.1. The molecule has 262 valence electrons. The maximum atomic E-state index is 14.0. The van der Waals surface area contributed by atoms with Crippen LogP contribution in [0.25, 0.3) is 0 Å². The highest BCUT2D eigenvalue weighted by atomic mass is 35.5. The van der Waals surface area contributed by atoms with E-state index in [0.717, 1.165) is 88.2 Å². The number of piperidine rings is 2. The third-order valence-electron chi connectivity index (χ3n) is 10.8. The monoisotopic (exact) mass is 679 g/mol. The summed E-state index contributed by atoms with van der Waals surface area (Å²) in [6.07, 6.45) is 9.10. The molecule has 3 fully saturated rings.